The van der Waals surface area contributed by atoms with Gasteiger partial charge in [-0.1, -0.05) is 35.5 Å². The maximum atomic E-state index is 13.1. The largest absolute Gasteiger partial charge is 0.416 e. The van der Waals surface area contributed by atoms with E-state index in [-0.39, 0.29) is 5.69 Å². The van der Waals surface area contributed by atoms with Gasteiger partial charge in [0, 0.05) is 15.6 Å². The molecule has 2 aromatic heterocycles. The van der Waals surface area contributed by atoms with E-state index in [1.165, 1.54) is 17.4 Å². The van der Waals surface area contributed by atoms with Crippen molar-refractivity contribution in [2.45, 2.75) is 6.18 Å². The van der Waals surface area contributed by atoms with Crippen LogP contribution in [0.3, 0.4) is 0 Å². The number of aromatic nitrogens is 3. The highest BCUT2D eigenvalue weighted by Crippen LogP contribution is 2.45. The zero-order valence-electron chi connectivity index (χ0n) is 13.0. The molecule has 0 saturated carbocycles. The third-order valence-corrected chi connectivity index (χ3v) is 5.13. The van der Waals surface area contributed by atoms with Crippen molar-refractivity contribution in [1.82, 2.24) is 15.4 Å². The van der Waals surface area contributed by atoms with Gasteiger partial charge in [0.2, 0.25) is 0 Å². The molecule has 128 valence electrons. The summed E-state index contributed by atoms with van der Waals surface area (Å²) in [6.07, 6.45) is -4.44. The molecule has 4 nitrogen and oxygen atoms in total. The Kier molecular flexibility index (Phi) is 3.74. The van der Waals surface area contributed by atoms with E-state index in [1.54, 1.807) is 6.07 Å². The maximum absolute atomic E-state index is 13.1. The van der Waals surface area contributed by atoms with E-state index in [2.05, 4.69) is 15.4 Å². The van der Waals surface area contributed by atoms with Gasteiger partial charge in [0.25, 0.3) is 0 Å². The molecule has 4 rings (SSSR count). The molecule has 1 N–H and O–H groups in total. The number of nitriles is 1. The lowest BCUT2D eigenvalue weighted by molar-refractivity contribution is -0.137. The molecule has 0 spiro atoms. The van der Waals surface area contributed by atoms with Crippen LogP contribution >= 0.6 is 11.3 Å². The summed E-state index contributed by atoms with van der Waals surface area (Å²) in [7, 11) is 0. The zero-order valence-corrected chi connectivity index (χ0v) is 13.8. The summed E-state index contributed by atoms with van der Waals surface area (Å²) < 4.78 is 40.3. The molecule has 0 aliphatic carbocycles. The minimum Gasteiger partial charge on any atom is -0.247 e. The first-order valence-electron chi connectivity index (χ1n) is 7.49. The van der Waals surface area contributed by atoms with E-state index in [9.17, 15) is 18.4 Å². The lowest BCUT2D eigenvalue weighted by Gasteiger charge is -2.09. The van der Waals surface area contributed by atoms with Gasteiger partial charge in [-0.05, 0) is 23.8 Å². The fourth-order valence-corrected chi connectivity index (χ4v) is 4.03. The Hall–Kier alpha value is -3.18. The highest BCUT2D eigenvalue weighted by molar-refractivity contribution is 7.23. The number of rotatable bonds is 2. The van der Waals surface area contributed by atoms with Crippen molar-refractivity contribution in [3.05, 3.63) is 59.8 Å². The summed E-state index contributed by atoms with van der Waals surface area (Å²) in [4.78, 5) is 0.607. The molecule has 8 heteroatoms. The van der Waals surface area contributed by atoms with Crippen molar-refractivity contribution in [1.29, 1.82) is 5.26 Å². The minimum absolute atomic E-state index is 0.171. The Bertz CT molecular complexity index is 1150. The molecule has 0 aliphatic rings. The molecule has 0 aliphatic heterocycles. The number of thiophene rings is 1. The molecular weight excluding hydrogens is 361 g/mol. The van der Waals surface area contributed by atoms with E-state index >= 15 is 0 Å². The highest BCUT2D eigenvalue weighted by Gasteiger charge is 2.31. The first-order chi connectivity index (χ1) is 12.5. The summed E-state index contributed by atoms with van der Waals surface area (Å²) in [6, 6.07) is 14.5. The molecule has 26 heavy (non-hydrogen) atoms. The SMILES string of the molecule is N#Cc1[nH]nnc1-c1sc2ccccc2c1-c1cccc(C(F)(F)F)c1. The van der Waals surface area contributed by atoms with Crippen LogP contribution in [0.25, 0.3) is 31.8 Å². The molecule has 0 atom stereocenters. The van der Waals surface area contributed by atoms with Crippen molar-refractivity contribution < 1.29 is 13.2 Å². The molecule has 4 aromatic rings. The van der Waals surface area contributed by atoms with E-state index < -0.39 is 11.7 Å². The van der Waals surface area contributed by atoms with Crippen LogP contribution in [-0.2, 0) is 6.18 Å². The smallest absolute Gasteiger partial charge is 0.247 e. The number of fused-ring (bicyclic) bond motifs is 1. The molecule has 0 bridgehead atoms. The van der Waals surface area contributed by atoms with Gasteiger partial charge in [-0.25, -0.2) is 5.10 Å². The number of aromatic amines is 1. The first-order valence-corrected chi connectivity index (χ1v) is 8.31. The van der Waals surface area contributed by atoms with Gasteiger partial charge >= 0.3 is 6.18 Å². The Morgan fingerprint density at radius 2 is 1.88 bits per heavy atom. The third-order valence-electron chi connectivity index (χ3n) is 3.95. The van der Waals surface area contributed by atoms with Gasteiger partial charge in [0.05, 0.1) is 10.4 Å². The van der Waals surface area contributed by atoms with Crippen LogP contribution in [0.1, 0.15) is 11.3 Å². The van der Waals surface area contributed by atoms with Crippen molar-refractivity contribution in [2.75, 3.05) is 0 Å². The van der Waals surface area contributed by atoms with E-state index in [0.717, 1.165) is 22.2 Å². The van der Waals surface area contributed by atoms with E-state index in [4.69, 9.17) is 0 Å². The third kappa shape index (κ3) is 2.62. The first kappa shape index (κ1) is 16.3. The monoisotopic (exact) mass is 370 g/mol. The van der Waals surface area contributed by atoms with Crippen LogP contribution in [0.15, 0.2) is 48.5 Å². The Labute approximate surface area is 149 Å². The van der Waals surface area contributed by atoms with Crippen molar-refractivity contribution in [3.63, 3.8) is 0 Å². The van der Waals surface area contributed by atoms with Crippen molar-refractivity contribution in [2.24, 2.45) is 0 Å². The highest BCUT2D eigenvalue weighted by atomic mass is 32.1. The summed E-state index contributed by atoms with van der Waals surface area (Å²) in [5.41, 5.74) is 0.809. The molecule has 2 heterocycles. The predicted octanol–water partition coefficient (Wildman–Crippen LogP) is 5.24. The van der Waals surface area contributed by atoms with Crippen molar-refractivity contribution >= 4 is 21.4 Å². The second-order valence-electron chi connectivity index (χ2n) is 5.53. The van der Waals surface area contributed by atoms with Crippen LogP contribution in [0.5, 0.6) is 0 Å². The topological polar surface area (TPSA) is 65.4 Å². The summed E-state index contributed by atoms with van der Waals surface area (Å²) in [5.74, 6) is 0. The fourth-order valence-electron chi connectivity index (χ4n) is 2.81. The Balaban J connectivity index is 2.04. The van der Waals surface area contributed by atoms with Crippen LogP contribution in [-0.4, -0.2) is 15.4 Å². The van der Waals surface area contributed by atoms with E-state index in [0.29, 0.717) is 21.7 Å². The molecule has 0 amide bonds. The Morgan fingerprint density at radius 1 is 1.08 bits per heavy atom. The average Bonchev–Trinajstić information content (AvgIpc) is 3.24. The fraction of sp³-hybridized carbons (Fsp3) is 0.0556. The number of alkyl halides is 3. The van der Waals surface area contributed by atoms with Crippen LogP contribution in [0.4, 0.5) is 13.2 Å². The lowest BCUT2D eigenvalue weighted by atomic mass is 9.98. The zero-order chi connectivity index (χ0) is 18.3. The number of hydrogen-bond donors (Lipinski definition) is 1. The van der Waals surface area contributed by atoms with Crippen molar-refractivity contribution in [3.8, 4) is 27.8 Å². The normalized spacial score (nSPS) is 11.6. The van der Waals surface area contributed by atoms with Gasteiger partial charge in [-0.3, -0.25) is 0 Å². The average molecular weight is 370 g/mol. The summed E-state index contributed by atoms with van der Waals surface area (Å²) in [6.45, 7) is 0. The lowest BCUT2D eigenvalue weighted by Crippen LogP contribution is -2.04. The van der Waals surface area contributed by atoms with Gasteiger partial charge in [0.1, 0.15) is 11.8 Å². The number of hydrogen-bond acceptors (Lipinski definition) is 4. The molecule has 2 aromatic carbocycles. The minimum atomic E-state index is -4.44. The molecular formula is C18H9F3N4S. The predicted molar refractivity (Wildman–Crippen MR) is 92.4 cm³/mol. The quantitative estimate of drug-likeness (QED) is 0.524. The molecule has 0 radical (unpaired) electrons. The summed E-state index contributed by atoms with van der Waals surface area (Å²) in [5, 5.41) is 20.2. The van der Waals surface area contributed by atoms with Crippen LogP contribution in [0.2, 0.25) is 0 Å². The molecule has 0 saturated heterocycles. The molecule has 0 fully saturated rings. The van der Waals surface area contributed by atoms with Crippen LogP contribution in [0, 0.1) is 11.3 Å². The molecule has 0 unspecified atom stereocenters. The number of nitrogens with zero attached hydrogens (tertiary/aromatic N) is 3. The van der Waals surface area contributed by atoms with E-state index in [1.807, 2.05) is 30.3 Å². The number of nitrogens with one attached hydrogen (secondary N) is 1. The van der Waals surface area contributed by atoms with Gasteiger partial charge in [0.15, 0.2) is 5.69 Å². The second-order valence-corrected chi connectivity index (χ2v) is 6.58. The van der Waals surface area contributed by atoms with Gasteiger partial charge < -0.3 is 0 Å². The second kappa shape index (κ2) is 5.97. The van der Waals surface area contributed by atoms with Crippen LogP contribution < -0.4 is 0 Å². The van der Waals surface area contributed by atoms with Gasteiger partial charge in [-0.2, -0.15) is 18.4 Å². The van der Waals surface area contributed by atoms with Gasteiger partial charge in [-0.15, -0.1) is 16.4 Å². The maximum Gasteiger partial charge on any atom is 0.416 e. The Morgan fingerprint density at radius 3 is 2.65 bits per heavy atom. The summed E-state index contributed by atoms with van der Waals surface area (Å²) >= 11 is 1.36. The number of benzene rings is 2. The number of halogens is 3. The standard InChI is InChI=1S/C18H9F3N4S/c19-18(20,21)11-5-3-4-10(8-11)15-12-6-1-2-7-14(12)26-17(15)16-13(9-22)23-25-24-16/h1-8H,(H,23,24,25). The number of H-pyrrole nitrogens is 1.